The molecule has 0 radical (unpaired) electrons. The van der Waals surface area contributed by atoms with E-state index in [2.05, 4.69) is 32.9 Å². The third kappa shape index (κ3) is 3.45. The first-order valence-corrected chi connectivity index (χ1v) is 13.3. The Kier molecular flexibility index (Phi) is 5.61. The van der Waals surface area contributed by atoms with Crippen LogP contribution in [0.1, 0.15) is 92.4 Å². The molecule has 3 fully saturated rings. The van der Waals surface area contributed by atoms with Crippen LogP contribution in [-0.4, -0.2) is 24.6 Å². The van der Waals surface area contributed by atoms with E-state index in [-0.39, 0.29) is 23.5 Å². The van der Waals surface area contributed by atoms with Crippen molar-refractivity contribution in [2.24, 2.45) is 39.9 Å². The molecule has 0 saturated heterocycles. The van der Waals surface area contributed by atoms with Crippen LogP contribution in [0.4, 0.5) is 0 Å². The van der Waals surface area contributed by atoms with E-state index in [1.54, 1.807) is 12.5 Å². The molecule has 182 valence electrons. The Morgan fingerprint density at radius 2 is 1.73 bits per heavy atom. The summed E-state index contributed by atoms with van der Waals surface area (Å²) >= 11 is 0. The van der Waals surface area contributed by atoms with Crippen LogP contribution in [-0.2, 0) is 19.1 Å². The third-order valence-corrected chi connectivity index (χ3v) is 11.0. The van der Waals surface area contributed by atoms with Crippen molar-refractivity contribution < 1.29 is 19.1 Å². The number of carbonyl (C=O) groups is 2. The number of fused-ring (bicyclic) bond motifs is 7. The second kappa shape index (κ2) is 7.99. The molecule has 5 aliphatic carbocycles. The van der Waals surface area contributed by atoms with Gasteiger partial charge in [-0.05, 0) is 103 Å². The van der Waals surface area contributed by atoms with E-state index < -0.39 is 0 Å². The standard InChI is InChI=1S/C29H42O4/c1-18-22-10-14-28(5)23-11-16-29(17-32-19(2)30)13-6-7-24(29)21(23)8-9-26(28)27(22,4)15-12-25(18)33-20(3)31/h7-8,18,22-23,25-26H,6,9-17H2,1-5H3. The van der Waals surface area contributed by atoms with Crippen LogP contribution in [0.2, 0.25) is 0 Å². The highest BCUT2D eigenvalue weighted by Gasteiger charge is 2.62. The van der Waals surface area contributed by atoms with E-state index in [1.165, 1.54) is 31.8 Å². The monoisotopic (exact) mass is 454 g/mol. The molecule has 0 aliphatic heterocycles. The summed E-state index contributed by atoms with van der Waals surface area (Å²) in [4.78, 5) is 23.3. The van der Waals surface area contributed by atoms with Gasteiger partial charge in [-0.3, -0.25) is 9.59 Å². The maximum absolute atomic E-state index is 11.7. The molecule has 0 N–H and O–H groups in total. The Labute approximate surface area is 199 Å². The zero-order valence-corrected chi connectivity index (χ0v) is 21.2. The summed E-state index contributed by atoms with van der Waals surface area (Å²) in [6, 6.07) is 0. The van der Waals surface area contributed by atoms with Crippen LogP contribution >= 0.6 is 0 Å². The van der Waals surface area contributed by atoms with Crippen molar-refractivity contribution in [1.29, 1.82) is 0 Å². The number of ether oxygens (including phenoxy) is 2. The van der Waals surface area contributed by atoms with E-state index in [9.17, 15) is 9.59 Å². The lowest BCUT2D eigenvalue weighted by atomic mass is 9.40. The highest BCUT2D eigenvalue weighted by Crippen LogP contribution is 2.69. The normalized spacial score (nSPS) is 46.0. The first-order chi connectivity index (χ1) is 15.6. The van der Waals surface area contributed by atoms with Crippen LogP contribution < -0.4 is 0 Å². The molecule has 0 heterocycles. The van der Waals surface area contributed by atoms with Crippen LogP contribution in [0.3, 0.4) is 0 Å². The Morgan fingerprint density at radius 3 is 2.45 bits per heavy atom. The fourth-order valence-corrected chi connectivity index (χ4v) is 9.45. The highest BCUT2D eigenvalue weighted by atomic mass is 16.5. The zero-order valence-electron chi connectivity index (χ0n) is 21.2. The van der Waals surface area contributed by atoms with Gasteiger partial charge in [-0.25, -0.2) is 0 Å². The molecule has 0 aromatic carbocycles. The van der Waals surface area contributed by atoms with Crippen LogP contribution in [0, 0.1) is 39.9 Å². The Morgan fingerprint density at radius 1 is 0.970 bits per heavy atom. The maximum atomic E-state index is 11.7. The van der Waals surface area contributed by atoms with Gasteiger partial charge in [-0.15, -0.1) is 0 Å². The second-order valence-corrected chi connectivity index (χ2v) is 12.5. The number of hydrogen-bond donors (Lipinski definition) is 0. The number of hydrogen-bond acceptors (Lipinski definition) is 4. The topological polar surface area (TPSA) is 52.6 Å². The SMILES string of the molecule is CC(=O)OCC12CCC=C1C1=CCC3C(C)(CCC4C(C)C(OC(C)=O)CCC43C)C1CC2. The molecule has 0 aromatic rings. The van der Waals surface area contributed by atoms with Crippen LogP contribution in [0.25, 0.3) is 0 Å². The third-order valence-electron chi connectivity index (χ3n) is 11.0. The van der Waals surface area contributed by atoms with E-state index >= 15 is 0 Å². The minimum absolute atomic E-state index is 0.0505. The summed E-state index contributed by atoms with van der Waals surface area (Å²) in [6.07, 6.45) is 15.5. The highest BCUT2D eigenvalue weighted by molar-refractivity contribution is 5.66. The fraction of sp³-hybridized carbons (Fsp3) is 0.793. The van der Waals surface area contributed by atoms with Gasteiger partial charge in [0.2, 0.25) is 0 Å². The van der Waals surface area contributed by atoms with Crippen LogP contribution in [0.15, 0.2) is 23.3 Å². The number of allylic oxidation sites excluding steroid dienone is 3. The molecule has 0 spiro atoms. The first-order valence-electron chi connectivity index (χ1n) is 13.3. The molecule has 0 amide bonds. The maximum Gasteiger partial charge on any atom is 0.302 e. The van der Waals surface area contributed by atoms with Crippen molar-refractivity contribution in [3.05, 3.63) is 23.3 Å². The molecular formula is C29H42O4. The van der Waals surface area contributed by atoms with Crippen molar-refractivity contribution in [1.82, 2.24) is 0 Å². The number of rotatable bonds is 3. The van der Waals surface area contributed by atoms with Gasteiger partial charge in [0.1, 0.15) is 12.7 Å². The van der Waals surface area contributed by atoms with Crippen molar-refractivity contribution in [3.63, 3.8) is 0 Å². The van der Waals surface area contributed by atoms with Gasteiger partial charge in [-0.1, -0.05) is 32.9 Å². The van der Waals surface area contributed by atoms with Crippen molar-refractivity contribution in [2.45, 2.75) is 98.5 Å². The predicted octanol–water partition coefficient (Wildman–Crippen LogP) is 6.40. The Hall–Kier alpha value is -1.58. The summed E-state index contributed by atoms with van der Waals surface area (Å²) in [7, 11) is 0. The summed E-state index contributed by atoms with van der Waals surface area (Å²) in [5.74, 6) is 2.06. The quantitative estimate of drug-likeness (QED) is 0.463. The Bertz CT molecular complexity index is 901. The molecule has 4 nitrogen and oxygen atoms in total. The second-order valence-electron chi connectivity index (χ2n) is 12.5. The molecular weight excluding hydrogens is 412 g/mol. The van der Waals surface area contributed by atoms with Gasteiger partial charge >= 0.3 is 11.9 Å². The molecule has 5 aliphatic rings. The van der Waals surface area contributed by atoms with E-state index in [0.29, 0.717) is 41.1 Å². The molecule has 8 atom stereocenters. The molecule has 0 aromatic heterocycles. The minimum atomic E-state index is -0.160. The zero-order chi connectivity index (χ0) is 23.6. The lowest BCUT2D eigenvalue weighted by molar-refractivity contribution is -0.174. The van der Waals surface area contributed by atoms with Gasteiger partial charge in [0.25, 0.3) is 0 Å². The summed E-state index contributed by atoms with van der Waals surface area (Å²) in [5, 5.41) is 0. The molecule has 0 bridgehead atoms. The van der Waals surface area contributed by atoms with Crippen LogP contribution in [0.5, 0.6) is 0 Å². The molecule has 4 heteroatoms. The van der Waals surface area contributed by atoms with Gasteiger partial charge in [-0.2, -0.15) is 0 Å². The largest absolute Gasteiger partial charge is 0.465 e. The molecule has 8 unspecified atom stereocenters. The van der Waals surface area contributed by atoms with E-state index in [4.69, 9.17) is 9.47 Å². The summed E-state index contributed by atoms with van der Waals surface area (Å²) in [6.45, 7) is 11.1. The fourth-order valence-electron chi connectivity index (χ4n) is 9.45. The smallest absolute Gasteiger partial charge is 0.302 e. The lowest BCUT2D eigenvalue weighted by Crippen LogP contribution is -2.58. The number of esters is 2. The number of carbonyl (C=O) groups excluding carboxylic acids is 2. The van der Waals surface area contributed by atoms with Gasteiger partial charge < -0.3 is 9.47 Å². The van der Waals surface area contributed by atoms with Crippen molar-refractivity contribution in [2.75, 3.05) is 6.61 Å². The predicted molar refractivity (Wildman–Crippen MR) is 128 cm³/mol. The molecule has 3 saturated carbocycles. The summed E-state index contributed by atoms with van der Waals surface area (Å²) < 4.78 is 11.3. The van der Waals surface area contributed by atoms with Crippen molar-refractivity contribution in [3.8, 4) is 0 Å². The lowest BCUT2D eigenvalue weighted by Gasteiger charge is -2.65. The van der Waals surface area contributed by atoms with Gasteiger partial charge in [0.05, 0.1) is 0 Å². The van der Waals surface area contributed by atoms with Gasteiger partial charge in [0, 0.05) is 19.3 Å². The summed E-state index contributed by atoms with van der Waals surface area (Å²) in [5.41, 5.74) is 3.78. The van der Waals surface area contributed by atoms with E-state index in [0.717, 1.165) is 38.5 Å². The average molecular weight is 455 g/mol. The van der Waals surface area contributed by atoms with E-state index in [1.807, 2.05) is 0 Å². The molecule has 33 heavy (non-hydrogen) atoms. The Balaban J connectivity index is 1.43. The molecule has 5 rings (SSSR count). The average Bonchev–Trinajstić information content (AvgIpc) is 3.19. The van der Waals surface area contributed by atoms with Gasteiger partial charge in [0.15, 0.2) is 0 Å². The minimum Gasteiger partial charge on any atom is -0.465 e. The first kappa shape index (κ1) is 23.2. The van der Waals surface area contributed by atoms with Crippen molar-refractivity contribution >= 4 is 11.9 Å².